The van der Waals surface area contributed by atoms with E-state index in [-0.39, 0.29) is 18.0 Å². The third-order valence-corrected chi connectivity index (χ3v) is 12.8. The van der Waals surface area contributed by atoms with Gasteiger partial charge in [-0.3, -0.25) is 0 Å². The van der Waals surface area contributed by atoms with Crippen LogP contribution in [0.2, 0.25) is 0 Å². The first-order chi connectivity index (χ1) is 29.9. The minimum Gasteiger partial charge on any atom is -0.334 e. The molecule has 3 heteroatoms. The molecule has 1 heterocycles. The monoisotopic (exact) mass is 791 g/mol. The second-order valence-electron chi connectivity index (χ2n) is 17.2. The summed E-state index contributed by atoms with van der Waals surface area (Å²) in [5, 5.41) is 0. The van der Waals surface area contributed by atoms with Crippen LogP contribution in [-0.2, 0) is 0 Å². The summed E-state index contributed by atoms with van der Waals surface area (Å²) in [7, 11) is 0. The number of aryl methyl sites for hydroxylation is 4. The Hall–Kier alpha value is -6.84. The molecule has 61 heavy (non-hydrogen) atoms. The lowest BCUT2D eigenvalue weighted by Crippen LogP contribution is -2.32. The Labute approximate surface area is 362 Å². The van der Waals surface area contributed by atoms with Gasteiger partial charge < -0.3 is 14.7 Å². The minimum atomic E-state index is 0.177. The van der Waals surface area contributed by atoms with Crippen LogP contribution in [0.1, 0.15) is 64.1 Å². The highest BCUT2D eigenvalue weighted by Gasteiger charge is 2.39. The van der Waals surface area contributed by atoms with Crippen molar-refractivity contribution >= 4 is 45.3 Å². The Morgan fingerprint density at radius 1 is 0.508 bits per heavy atom. The normalized spacial score (nSPS) is 18.9. The van der Waals surface area contributed by atoms with E-state index in [0.29, 0.717) is 0 Å². The first-order valence-corrected chi connectivity index (χ1v) is 21.9. The number of hydrogen-bond donors (Lipinski definition) is 0. The molecule has 0 bridgehead atoms. The van der Waals surface area contributed by atoms with Crippen molar-refractivity contribution in [1.82, 2.24) is 0 Å². The zero-order chi connectivity index (χ0) is 41.5. The average Bonchev–Trinajstić information content (AvgIpc) is 3.63. The molecule has 3 atom stereocenters. The van der Waals surface area contributed by atoms with Gasteiger partial charge in [0.05, 0.1) is 12.1 Å². The van der Waals surface area contributed by atoms with Crippen LogP contribution >= 0.6 is 0 Å². The van der Waals surface area contributed by atoms with Crippen LogP contribution in [0.5, 0.6) is 0 Å². The summed E-state index contributed by atoms with van der Waals surface area (Å²) < 4.78 is 0. The molecular weight excluding hydrogens is 739 g/mol. The quantitative estimate of drug-likeness (QED) is 0.144. The van der Waals surface area contributed by atoms with Gasteiger partial charge in [-0.15, -0.1) is 0 Å². The number of nitrogens with zero attached hydrogens (tertiary/aromatic N) is 3. The third kappa shape index (κ3) is 7.62. The Kier molecular flexibility index (Phi) is 10.3. The number of rotatable bonds is 9. The molecule has 6 aromatic rings. The van der Waals surface area contributed by atoms with E-state index in [1.165, 1.54) is 72.8 Å². The smallest absolute Gasteiger partial charge is 0.0629 e. The summed E-state index contributed by atoms with van der Waals surface area (Å²) >= 11 is 0. The topological polar surface area (TPSA) is 9.72 Å². The van der Waals surface area contributed by atoms with E-state index in [4.69, 9.17) is 0 Å². The maximum absolute atomic E-state index is 2.58. The third-order valence-electron chi connectivity index (χ3n) is 12.8. The highest BCUT2D eigenvalue weighted by atomic mass is 15.2. The van der Waals surface area contributed by atoms with Gasteiger partial charge >= 0.3 is 0 Å². The number of hydrogen-bond acceptors (Lipinski definition) is 3. The molecule has 0 saturated carbocycles. The zero-order valence-electron chi connectivity index (χ0n) is 35.7. The average molecular weight is 792 g/mol. The molecule has 3 unspecified atom stereocenters. The number of allylic oxidation sites excluding steroid dienone is 7. The van der Waals surface area contributed by atoms with Gasteiger partial charge in [0.25, 0.3) is 0 Å². The largest absolute Gasteiger partial charge is 0.334 e. The van der Waals surface area contributed by atoms with Crippen molar-refractivity contribution < 1.29 is 0 Å². The molecule has 0 saturated heterocycles. The second kappa shape index (κ2) is 16.3. The predicted molar refractivity (Wildman–Crippen MR) is 260 cm³/mol. The fourth-order valence-corrected chi connectivity index (χ4v) is 9.49. The lowest BCUT2D eigenvalue weighted by molar-refractivity contribution is 0.727. The first-order valence-electron chi connectivity index (χ1n) is 21.9. The fourth-order valence-electron chi connectivity index (χ4n) is 9.49. The molecule has 6 aromatic carbocycles. The van der Waals surface area contributed by atoms with Crippen LogP contribution in [0.3, 0.4) is 0 Å². The van der Waals surface area contributed by atoms with E-state index >= 15 is 0 Å². The van der Waals surface area contributed by atoms with Gasteiger partial charge in [0.2, 0.25) is 0 Å². The molecule has 0 spiro atoms. The number of fused-ring (bicyclic) bond motifs is 3. The predicted octanol–water partition coefficient (Wildman–Crippen LogP) is 15.1. The van der Waals surface area contributed by atoms with E-state index in [1.807, 2.05) is 0 Å². The van der Waals surface area contributed by atoms with Gasteiger partial charge in [0.15, 0.2) is 0 Å². The van der Waals surface area contributed by atoms with Crippen LogP contribution in [-0.4, -0.2) is 12.1 Å². The molecule has 3 aliphatic carbocycles. The van der Waals surface area contributed by atoms with Gasteiger partial charge in [0, 0.05) is 45.7 Å². The Morgan fingerprint density at radius 3 is 1.70 bits per heavy atom. The van der Waals surface area contributed by atoms with Crippen molar-refractivity contribution in [1.29, 1.82) is 0 Å². The van der Waals surface area contributed by atoms with E-state index in [1.54, 1.807) is 0 Å². The maximum Gasteiger partial charge on any atom is 0.0629 e. The summed E-state index contributed by atoms with van der Waals surface area (Å²) in [4.78, 5) is 7.46. The number of benzene rings is 6. The van der Waals surface area contributed by atoms with Gasteiger partial charge in [0.1, 0.15) is 0 Å². The Morgan fingerprint density at radius 2 is 1.10 bits per heavy atom. The van der Waals surface area contributed by atoms with E-state index in [2.05, 4.69) is 237 Å². The standard InChI is InChI=1S/C58H53N3/c1-40-16-26-49(27-17-40)59(50-28-18-41(2)19-29-50)53-14-8-10-44(36-53)46-24-34-57-55(38-46)56-39-47(25-35-58(56)61(57)48-12-6-5-7-13-48)45-11-9-15-54(37-45)60(51-30-20-42(3)21-31-51)52-32-22-43(4)23-33-52/h6,8-14,16-39,54-55,57H,5,7,15H2,1-4H3. The molecule has 0 radical (unpaired) electrons. The highest BCUT2D eigenvalue weighted by molar-refractivity contribution is 5.86. The fraction of sp³-hybridized carbons (Fsp3) is 0.172. The van der Waals surface area contributed by atoms with Crippen molar-refractivity contribution in [2.75, 3.05) is 14.7 Å². The maximum atomic E-state index is 2.58. The molecule has 3 nitrogen and oxygen atoms in total. The highest BCUT2D eigenvalue weighted by Crippen LogP contribution is 2.49. The van der Waals surface area contributed by atoms with Crippen LogP contribution in [0.25, 0.3) is 11.1 Å². The summed E-state index contributed by atoms with van der Waals surface area (Å²) in [6.07, 6.45) is 24.7. The first kappa shape index (κ1) is 38.4. The van der Waals surface area contributed by atoms with E-state index in [0.717, 1.165) is 36.3 Å². The molecule has 0 amide bonds. The van der Waals surface area contributed by atoms with Gasteiger partial charge in [-0.2, -0.15) is 0 Å². The van der Waals surface area contributed by atoms with Crippen molar-refractivity contribution in [3.05, 3.63) is 239 Å². The van der Waals surface area contributed by atoms with E-state index < -0.39 is 0 Å². The SMILES string of the molecule is Cc1ccc(N(c2ccc(C)cc2)c2cccc(C3=CC4c5cc(C6=CC(N(c7ccc(C)cc7)c7ccc(C)cc7)CC=C6)ccc5N(C5=CCCC=C5)C4C=C3)c2)cc1. The van der Waals surface area contributed by atoms with Gasteiger partial charge in [-0.05, 0) is 154 Å². The van der Waals surface area contributed by atoms with Crippen molar-refractivity contribution in [3.63, 3.8) is 0 Å². The molecular formula is C58H53N3. The van der Waals surface area contributed by atoms with Crippen LogP contribution in [0, 0.1) is 27.7 Å². The van der Waals surface area contributed by atoms with Gasteiger partial charge in [-0.25, -0.2) is 0 Å². The molecule has 0 N–H and O–H groups in total. The van der Waals surface area contributed by atoms with Crippen LogP contribution in [0.15, 0.2) is 200 Å². The molecule has 1 aliphatic heterocycles. The van der Waals surface area contributed by atoms with Crippen molar-refractivity contribution in [2.24, 2.45) is 0 Å². The molecule has 0 aromatic heterocycles. The summed E-state index contributed by atoms with van der Waals surface area (Å²) in [6.45, 7) is 8.61. The lowest BCUT2D eigenvalue weighted by Gasteiger charge is -2.34. The number of anilines is 6. The van der Waals surface area contributed by atoms with Crippen LogP contribution < -0.4 is 14.7 Å². The van der Waals surface area contributed by atoms with Crippen molar-refractivity contribution in [3.8, 4) is 0 Å². The molecule has 300 valence electrons. The lowest BCUT2D eigenvalue weighted by atomic mass is 9.85. The van der Waals surface area contributed by atoms with Crippen molar-refractivity contribution in [2.45, 2.75) is 65.0 Å². The summed E-state index contributed by atoms with van der Waals surface area (Å²) in [6, 6.07) is 52.3. The zero-order valence-corrected chi connectivity index (χ0v) is 35.7. The van der Waals surface area contributed by atoms with Gasteiger partial charge in [-0.1, -0.05) is 138 Å². The minimum absolute atomic E-state index is 0.177. The molecule has 4 aliphatic rings. The van der Waals surface area contributed by atoms with Crippen LogP contribution in [0.4, 0.5) is 34.1 Å². The Bertz CT molecular complexity index is 2670. The molecule has 0 fully saturated rings. The molecule has 10 rings (SSSR count). The second-order valence-corrected chi connectivity index (χ2v) is 17.2. The summed E-state index contributed by atoms with van der Waals surface area (Å²) in [5.74, 6) is 0.195. The Balaban J connectivity index is 1.03. The summed E-state index contributed by atoms with van der Waals surface area (Å²) in [5.41, 5.74) is 19.9. The van der Waals surface area contributed by atoms with E-state index in [9.17, 15) is 0 Å².